The summed E-state index contributed by atoms with van der Waals surface area (Å²) in [4.78, 5) is 24.8. The van der Waals surface area contributed by atoms with E-state index in [2.05, 4.69) is 15.7 Å². The van der Waals surface area contributed by atoms with Crippen LogP contribution in [0.5, 0.6) is 0 Å². The molecular formula is C20H27FN4O2. The van der Waals surface area contributed by atoms with E-state index in [-0.39, 0.29) is 11.8 Å². The zero-order valence-electron chi connectivity index (χ0n) is 16.3. The fourth-order valence-electron chi connectivity index (χ4n) is 2.81. The van der Waals surface area contributed by atoms with Gasteiger partial charge in [0.25, 0.3) is 5.91 Å². The van der Waals surface area contributed by atoms with Crippen molar-refractivity contribution < 1.29 is 14.0 Å². The van der Waals surface area contributed by atoms with Crippen LogP contribution in [0, 0.1) is 25.6 Å². The maximum Gasteiger partial charge on any atom is 0.251 e. The molecule has 0 aliphatic rings. The Labute approximate surface area is 159 Å². The second kappa shape index (κ2) is 9.30. The molecule has 0 fully saturated rings. The lowest BCUT2D eigenvalue weighted by Gasteiger charge is -2.22. The summed E-state index contributed by atoms with van der Waals surface area (Å²) in [5.74, 6) is -1.11. The highest BCUT2D eigenvalue weighted by molar-refractivity contribution is 5.97. The van der Waals surface area contributed by atoms with Crippen LogP contribution in [0.15, 0.2) is 30.3 Å². The van der Waals surface area contributed by atoms with E-state index in [9.17, 15) is 14.0 Å². The van der Waals surface area contributed by atoms with Crippen LogP contribution in [0.3, 0.4) is 0 Å². The number of aromatic nitrogens is 2. The van der Waals surface area contributed by atoms with E-state index in [0.717, 1.165) is 17.8 Å². The highest BCUT2D eigenvalue weighted by Crippen LogP contribution is 2.07. The number of rotatable bonds is 8. The highest BCUT2D eigenvalue weighted by Gasteiger charge is 2.24. The second-order valence-corrected chi connectivity index (χ2v) is 7.00. The molecule has 1 heterocycles. The van der Waals surface area contributed by atoms with Gasteiger partial charge in [-0.25, -0.2) is 4.39 Å². The van der Waals surface area contributed by atoms with Crippen molar-refractivity contribution in [3.63, 3.8) is 0 Å². The minimum atomic E-state index is -0.656. The number of carbonyl (C=O) groups is 2. The third-order valence-corrected chi connectivity index (χ3v) is 4.29. The summed E-state index contributed by atoms with van der Waals surface area (Å²) >= 11 is 0. The summed E-state index contributed by atoms with van der Waals surface area (Å²) in [6.07, 6.45) is 0.740. The largest absolute Gasteiger partial charge is 0.354 e. The van der Waals surface area contributed by atoms with Crippen LogP contribution in [-0.4, -0.2) is 34.2 Å². The van der Waals surface area contributed by atoms with E-state index in [1.807, 2.05) is 38.4 Å². The molecule has 2 rings (SSSR count). The number of nitrogens with zero attached hydrogens (tertiary/aromatic N) is 2. The van der Waals surface area contributed by atoms with Gasteiger partial charge in [-0.15, -0.1) is 0 Å². The topological polar surface area (TPSA) is 76.0 Å². The number of amides is 2. The van der Waals surface area contributed by atoms with Crippen molar-refractivity contribution in [2.24, 2.45) is 5.92 Å². The monoisotopic (exact) mass is 374 g/mol. The molecule has 2 amide bonds. The van der Waals surface area contributed by atoms with Crippen LogP contribution >= 0.6 is 0 Å². The van der Waals surface area contributed by atoms with Gasteiger partial charge in [-0.1, -0.05) is 13.8 Å². The molecule has 1 atom stereocenters. The van der Waals surface area contributed by atoms with Gasteiger partial charge >= 0.3 is 0 Å². The fourth-order valence-corrected chi connectivity index (χ4v) is 2.81. The van der Waals surface area contributed by atoms with E-state index >= 15 is 0 Å². The number of hydrogen-bond acceptors (Lipinski definition) is 3. The molecule has 0 radical (unpaired) electrons. The molecule has 2 aromatic rings. The van der Waals surface area contributed by atoms with Gasteiger partial charge < -0.3 is 10.6 Å². The van der Waals surface area contributed by atoms with E-state index < -0.39 is 17.8 Å². The van der Waals surface area contributed by atoms with Crippen LogP contribution in [0.1, 0.15) is 42.0 Å². The highest BCUT2D eigenvalue weighted by atomic mass is 19.1. The number of benzene rings is 1. The van der Waals surface area contributed by atoms with E-state index in [1.165, 1.54) is 24.3 Å². The molecule has 0 aliphatic heterocycles. The molecule has 0 spiro atoms. The maximum absolute atomic E-state index is 13.0. The zero-order chi connectivity index (χ0) is 20.0. The van der Waals surface area contributed by atoms with Crippen LogP contribution in [0.2, 0.25) is 0 Å². The van der Waals surface area contributed by atoms with Crippen molar-refractivity contribution in [1.29, 1.82) is 0 Å². The van der Waals surface area contributed by atoms with E-state index in [1.54, 1.807) is 0 Å². The summed E-state index contributed by atoms with van der Waals surface area (Å²) in [5, 5.41) is 9.99. The number of halogens is 1. The summed E-state index contributed by atoms with van der Waals surface area (Å²) < 4.78 is 14.9. The quantitative estimate of drug-likeness (QED) is 0.698. The van der Waals surface area contributed by atoms with Gasteiger partial charge in [0, 0.05) is 24.3 Å². The summed E-state index contributed by atoms with van der Waals surface area (Å²) in [6, 6.07) is 6.59. The Kier molecular flexibility index (Phi) is 7.10. The fraction of sp³-hybridized carbons (Fsp3) is 0.450. The standard InChI is InChI=1S/C20H27FN4O2/c1-13(2)18(23-19(26)16-6-8-17(21)9-7-16)20(27)22-10-5-11-25-15(4)12-14(3)24-25/h6-9,12-13,18H,5,10-11H2,1-4H3,(H,22,27)(H,23,26). The Morgan fingerprint density at radius 2 is 1.85 bits per heavy atom. The van der Waals surface area contributed by atoms with Crippen molar-refractivity contribution in [1.82, 2.24) is 20.4 Å². The molecule has 0 aliphatic carbocycles. The Bertz CT molecular complexity index is 784. The SMILES string of the molecule is Cc1cc(C)n(CCCNC(=O)C(NC(=O)c2ccc(F)cc2)C(C)C)n1. The Morgan fingerprint density at radius 1 is 1.19 bits per heavy atom. The molecule has 6 nitrogen and oxygen atoms in total. The van der Waals surface area contributed by atoms with Crippen LogP contribution in [-0.2, 0) is 11.3 Å². The average molecular weight is 374 g/mol. The average Bonchev–Trinajstić information content (AvgIpc) is 2.93. The third kappa shape index (κ3) is 5.91. The lowest BCUT2D eigenvalue weighted by atomic mass is 10.0. The van der Waals surface area contributed by atoms with Gasteiger partial charge in [0.05, 0.1) is 5.69 Å². The van der Waals surface area contributed by atoms with E-state index in [0.29, 0.717) is 18.7 Å². The predicted octanol–water partition coefficient (Wildman–Crippen LogP) is 2.60. The number of hydrogen-bond donors (Lipinski definition) is 2. The zero-order valence-corrected chi connectivity index (χ0v) is 16.3. The molecule has 0 saturated carbocycles. The number of aryl methyl sites for hydroxylation is 3. The van der Waals surface area contributed by atoms with E-state index in [4.69, 9.17) is 0 Å². The van der Waals surface area contributed by atoms with Crippen LogP contribution in [0.25, 0.3) is 0 Å². The number of carbonyl (C=O) groups excluding carboxylic acids is 2. The van der Waals surface area contributed by atoms with Gasteiger partial charge in [0.15, 0.2) is 0 Å². The second-order valence-electron chi connectivity index (χ2n) is 7.00. The molecule has 0 saturated heterocycles. The first-order valence-electron chi connectivity index (χ1n) is 9.13. The normalized spacial score (nSPS) is 12.1. The molecule has 1 aromatic carbocycles. The lowest BCUT2D eigenvalue weighted by Crippen LogP contribution is -2.50. The molecule has 1 unspecified atom stereocenters. The van der Waals surface area contributed by atoms with Crippen molar-refractivity contribution in [2.45, 2.75) is 46.7 Å². The minimum absolute atomic E-state index is 0.0783. The Hall–Kier alpha value is -2.70. The summed E-state index contributed by atoms with van der Waals surface area (Å²) in [6.45, 7) is 8.89. The van der Waals surface area contributed by atoms with Gasteiger partial charge in [-0.05, 0) is 56.5 Å². The molecule has 7 heteroatoms. The molecule has 1 aromatic heterocycles. The molecule has 27 heavy (non-hydrogen) atoms. The predicted molar refractivity (Wildman–Crippen MR) is 102 cm³/mol. The summed E-state index contributed by atoms with van der Waals surface area (Å²) in [5.41, 5.74) is 2.38. The van der Waals surface area contributed by atoms with Crippen molar-refractivity contribution in [3.8, 4) is 0 Å². The van der Waals surface area contributed by atoms with Crippen LogP contribution < -0.4 is 10.6 Å². The van der Waals surface area contributed by atoms with Crippen molar-refractivity contribution >= 4 is 11.8 Å². The van der Waals surface area contributed by atoms with Crippen molar-refractivity contribution in [2.75, 3.05) is 6.54 Å². The van der Waals surface area contributed by atoms with Crippen LogP contribution in [0.4, 0.5) is 4.39 Å². The lowest BCUT2D eigenvalue weighted by molar-refractivity contribution is -0.123. The summed E-state index contributed by atoms with van der Waals surface area (Å²) in [7, 11) is 0. The Balaban J connectivity index is 1.85. The van der Waals surface area contributed by atoms with Gasteiger partial charge in [-0.2, -0.15) is 5.10 Å². The first-order valence-corrected chi connectivity index (χ1v) is 9.13. The van der Waals surface area contributed by atoms with Crippen molar-refractivity contribution in [3.05, 3.63) is 53.1 Å². The van der Waals surface area contributed by atoms with Gasteiger partial charge in [-0.3, -0.25) is 14.3 Å². The maximum atomic E-state index is 13.0. The minimum Gasteiger partial charge on any atom is -0.354 e. The molecule has 2 N–H and O–H groups in total. The van der Waals surface area contributed by atoms with Gasteiger partial charge in [0.2, 0.25) is 5.91 Å². The molecule has 146 valence electrons. The smallest absolute Gasteiger partial charge is 0.251 e. The molecule has 0 bridgehead atoms. The third-order valence-electron chi connectivity index (χ3n) is 4.29. The first kappa shape index (κ1) is 20.6. The molecular weight excluding hydrogens is 347 g/mol. The number of nitrogens with one attached hydrogen (secondary N) is 2. The Morgan fingerprint density at radius 3 is 2.41 bits per heavy atom. The first-order chi connectivity index (χ1) is 12.8. The van der Waals surface area contributed by atoms with Gasteiger partial charge in [0.1, 0.15) is 11.9 Å².